The highest BCUT2D eigenvalue weighted by atomic mass is 32.2. The molecule has 8 nitrogen and oxygen atoms in total. The Kier molecular flexibility index (Phi) is 9.57. The number of aryl methyl sites for hydroxylation is 1. The smallest absolute Gasteiger partial charge is 0.230 e. The van der Waals surface area contributed by atoms with E-state index in [9.17, 15) is 9.59 Å². The van der Waals surface area contributed by atoms with Gasteiger partial charge in [0.2, 0.25) is 16.9 Å². The van der Waals surface area contributed by atoms with E-state index in [1.165, 1.54) is 28.7 Å². The zero-order chi connectivity index (χ0) is 21.9. The standard InChI is InChI=1S/C21H29N5O3S2/c1-29-15-10-22-18(27)16-30-21-24-23-20(31-21)26-13-11-25(12-14-26)19(28)9-5-8-17-6-3-2-4-7-17/h2-4,6-7H,5,8-16H2,1H3,(H,22,27). The third-order valence-electron chi connectivity index (χ3n) is 4.95. The lowest BCUT2D eigenvalue weighted by Gasteiger charge is -2.34. The van der Waals surface area contributed by atoms with E-state index in [0.717, 1.165) is 35.4 Å². The Balaban J connectivity index is 1.35. The Hall–Kier alpha value is -2.17. The first-order valence-corrected chi connectivity index (χ1v) is 12.2. The van der Waals surface area contributed by atoms with Gasteiger partial charge >= 0.3 is 0 Å². The van der Waals surface area contributed by atoms with Gasteiger partial charge < -0.3 is 19.9 Å². The van der Waals surface area contributed by atoms with Crippen LogP contribution in [0.4, 0.5) is 5.13 Å². The molecular formula is C21H29N5O3S2. The number of nitrogens with zero attached hydrogens (tertiary/aromatic N) is 4. The highest BCUT2D eigenvalue weighted by Gasteiger charge is 2.23. The third-order valence-corrected chi connectivity index (χ3v) is 7.07. The molecule has 1 aromatic heterocycles. The van der Waals surface area contributed by atoms with Crippen molar-refractivity contribution in [3.05, 3.63) is 35.9 Å². The molecule has 0 aliphatic carbocycles. The number of benzene rings is 1. The fourth-order valence-electron chi connectivity index (χ4n) is 3.25. The zero-order valence-corrected chi connectivity index (χ0v) is 19.4. The van der Waals surface area contributed by atoms with Crippen LogP contribution in [0.3, 0.4) is 0 Å². The number of methoxy groups -OCH3 is 1. The number of aromatic nitrogens is 2. The monoisotopic (exact) mass is 463 g/mol. The summed E-state index contributed by atoms with van der Waals surface area (Å²) in [5.41, 5.74) is 1.28. The quantitative estimate of drug-likeness (QED) is 0.403. The second-order valence-electron chi connectivity index (χ2n) is 7.19. The molecule has 0 saturated carbocycles. The van der Waals surface area contributed by atoms with Crippen LogP contribution < -0.4 is 10.2 Å². The molecule has 0 atom stereocenters. The van der Waals surface area contributed by atoms with Crippen molar-refractivity contribution < 1.29 is 14.3 Å². The van der Waals surface area contributed by atoms with Crippen molar-refractivity contribution >= 4 is 40.0 Å². The van der Waals surface area contributed by atoms with Crippen LogP contribution in [0.5, 0.6) is 0 Å². The van der Waals surface area contributed by atoms with Gasteiger partial charge in [-0.05, 0) is 18.4 Å². The third kappa shape index (κ3) is 7.79. The summed E-state index contributed by atoms with van der Waals surface area (Å²) in [7, 11) is 1.60. The Bertz CT molecular complexity index is 825. The number of rotatable bonds is 11. The fraction of sp³-hybridized carbons (Fsp3) is 0.524. The second-order valence-corrected chi connectivity index (χ2v) is 9.37. The number of thioether (sulfide) groups is 1. The number of hydrogen-bond donors (Lipinski definition) is 1. The largest absolute Gasteiger partial charge is 0.383 e. The van der Waals surface area contributed by atoms with Gasteiger partial charge in [0.05, 0.1) is 12.4 Å². The molecule has 31 heavy (non-hydrogen) atoms. The molecule has 168 valence electrons. The van der Waals surface area contributed by atoms with Gasteiger partial charge in [0.25, 0.3) is 0 Å². The van der Waals surface area contributed by atoms with Crippen molar-refractivity contribution in [2.75, 3.05) is 57.1 Å². The molecule has 1 aromatic carbocycles. The van der Waals surface area contributed by atoms with E-state index in [2.05, 4.69) is 32.5 Å². The van der Waals surface area contributed by atoms with Crippen LogP contribution in [-0.2, 0) is 20.7 Å². The molecule has 10 heteroatoms. The number of hydrogen-bond acceptors (Lipinski definition) is 8. The fourth-order valence-corrected chi connectivity index (χ4v) is 4.98. The van der Waals surface area contributed by atoms with Crippen LogP contribution in [0.2, 0.25) is 0 Å². The molecule has 0 bridgehead atoms. The maximum Gasteiger partial charge on any atom is 0.230 e. The summed E-state index contributed by atoms with van der Waals surface area (Å²) < 4.78 is 5.69. The van der Waals surface area contributed by atoms with Gasteiger partial charge in [0, 0.05) is 46.3 Å². The number of carbonyl (C=O) groups is 2. The lowest BCUT2D eigenvalue weighted by atomic mass is 10.1. The molecule has 2 aromatic rings. The summed E-state index contributed by atoms with van der Waals surface area (Å²) in [5.74, 6) is 0.491. The summed E-state index contributed by atoms with van der Waals surface area (Å²) in [6.07, 6.45) is 2.39. The Morgan fingerprint density at radius 2 is 1.94 bits per heavy atom. The van der Waals surface area contributed by atoms with E-state index in [4.69, 9.17) is 4.74 Å². The summed E-state index contributed by atoms with van der Waals surface area (Å²) in [6.45, 7) is 3.91. The maximum absolute atomic E-state index is 12.5. The Morgan fingerprint density at radius 3 is 2.68 bits per heavy atom. The molecule has 2 amide bonds. The number of amides is 2. The number of nitrogens with one attached hydrogen (secondary N) is 1. The van der Waals surface area contributed by atoms with Crippen molar-refractivity contribution in [1.29, 1.82) is 0 Å². The first-order valence-electron chi connectivity index (χ1n) is 10.4. The number of anilines is 1. The molecule has 1 saturated heterocycles. The SMILES string of the molecule is COCCNC(=O)CSc1nnc(N2CCN(C(=O)CCCc3ccccc3)CC2)s1. The molecule has 1 aliphatic rings. The number of ether oxygens (including phenoxy) is 1. The van der Waals surface area contributed by atoms with Crippen LogP contribution in [0.1, 0.15) is 18.4 Å². The summed E-state index contributed by atoms with van der Waals surface area (Å²) >= 11 is 2.87. The number of carbonyl (C=O) groups excluding carboxylic acids is 2. The van der Waals surface area contributed by atoms with Crippen molar-refractivity contribution in [2.24, 2.45) is 0 Å². The van der Waals surface area contributed by atoms with Crippen molar-refractivity contribution in [2.45, 2.75) is 23.6 Å². The van der Waals surface area contributed by atoms with Gasteiger partial charge in [-0.1, -0.05) is 53.4 Å². The van der Waals surface area contributed by atoms with E-state index >= 15 is 0 Å². The van der Waals surface area contributed by atoms with Crippen molar-refractivity contribution in [3.8, 4) is 0 Å². The first-order chi connectivity index (χ1) is 15.2. The lowest BCUT2D eigenvalue weighted by molar-refractivity contribution is -0.131. The van der Waals surface area contributed by atoms with Crippen LogP contribution in [0.15, 0.2) is 34.7 Å². The first kappa shape index (κ1) is 23.5. The van der Waals surface area contributed by atoms with Crippen LogP contribution in [0.25, 0.3) is 0 Å². The summed E-state index contributed by atoms with van der Waals surface area (Å²) in [5, 5.41) is 12.1. The molecule has 1 fully saturated rings. The van der Waals surface area contributed by atoms with Gasteiger partial charge in [-0.15, -0.1) is 10.2 Å². The minimum Gasteiger partial charge on any atom is -0.383 e. The van der Waals surface area contributed by atoms with Crippen LogP contribution in [-0.4, -0.2) is 79.1 Å². The predicted octanol–water partition coefficient (Wildman–Crippen LogP) is 2.06. The molecule has 0 spiro atoms. The minimum absolute atomic E-state index is 0.0433. The summed E-state index contributed by atoms with van der Waals surface area (Å²) in [4.78, 5) is 28.4. The molecule has 1 aliphatic heterocycles. The Labute approximate surface area is 191 Å². The van der Waals surface area contributed by atoms with E-state index in [1.807, 2.05) is 23.1 Å². The molecule has 3 rings (SSSR count). The molecule has 1 N–H and O–H groups in total. The predicted molar refractivity (Wildman–Crippen MR) is 124 cm³/mol. The highest BCUT2D eigenvalue weighted by Crippen LogP contribution is 2.28. The highest BCUT2D eigenvalue weighted by molar-refractivity contribution is 8.01. The average Bonchev–Trinajstić information content (AvgIpc) is 3.28. The average molecular weight is 464 g/mol. The van der Waals surface area contributed by atoms with Gasteiger partial charge in [0.15, 0.2) is 4.34 Å². The van der Waals surface area contributed by atoms with Gasteiger partial charge in [0.1, 0.15) is 0 Å². The van der Waals surface area contributed by atoms with Crippen molar-refractivity contribution in [3.63, 3.8) is 0 Å². The molecular weight excluding hydrogens is 434 g/mol. The second kappa shape index (κ2) is 12.6. The van der Waals surface area contributed by atoms with E-state index in [1.54, 1.807) is 7.11 Å². The van der Waals surface area contributed by atoms with Gasteiger partial charge in [-0.25, -0.2) is 0 Å². The molecule has 2 heterocycles. The Morgan fingerprint density at radius 1 is 1.16 bits per heavy atom. The van der Waals surface area contributed by atoms with E-state index in [-0.39, 0.29) is 11.8 Å². The van der Waals surface area contributed by atoms with Crippen LogP contribution in [0, 0.1) is 0 Å². The van der Waals surface area contributed by atoms with Crippen LogP contribution >= 0.6 is 23.1 Å². The zero-order valence-electron chi connectivity index (χ0n) is 17.8. The normalized spacial score (nSPS) is 14.0. The molecule has 0 radical (unpaired) electrons. The van der Waals surface area contributed by atoms with Gasteiger partial charge in [-0.3, -0.25) is 9.59 Å². The topological polar surface area (TPSA) is 87.7 Å². The maximum atomic E-state index is 12.5. The lowest BCUT2D eigenvalue weighted by Crippen LogP contribution is -2.48. The van der Waals surface area contributed by atoms with Crippen molar-refractivity contribution in [1.82, 2.24) is 20.4 Å². The van der Waals surface area contributed by atoms with E-state index in [0.29, 0.717) is 38.4 Å². The number of piperazine rings is 1. The molecule has 0 unspecified atom stereocenters. The van der Waals surface area contributed by atoms with E-state index < -0.39 is 0 Å². The minimum atomic E-state index is -0.0433. The van der Waals surface area contributed by atoms with Gasteiger partial charge in [-0.2, -0.15) is 0 Å². The summed E-state index contributed by atoms with van der Waals surface area (Å²) in [6, 6.07) is 10.3.